The highest BCUT2D eigenvalue weighted by Crippen LogP contribution is 2.32. The number of thioether (sulfide) groups is 1. The number of unbranched alkanes of at least 4 members (excludes halogenated alkanes) is 2. The van der Waals surface area contributed by atoms with Crippen molar-refractivity contribution >= 4 is 58.7 Å². The molecule has 1 aromatic carbocycles. The monoisotopic (exact) mass is 442 g/mol. The summed E-state index contributed by atoms with van der Waals surface area (Å²) >= 11 is 6.70. The Bertz CT molecular complexity index is 696. The predicted molar refractivity (Wildman–Crippen MR) is 122 cm³/mol. The molecule has 2 rings (SSSR count). The van der Waals surface area contributed by atoms with Gasteiger partial charge < -0.3 is 9.64 Å². The number of likely N-dealkylation sites (N-methyl/N-ethyl adjacent to an activating group) is 1. The Morgan fingerprint density at radius 2 is 1.93 bits per heavy atom. The number of thiocarbonyl (C=S) groups is 1. The first-order chi connectivity index (χ1) is 13.0. The Kier molecular flexibility index (Phi) is 11.4. The quantitative estimate of drug-likeness (QED) is 0.236. The SMILES string of the molecule is CN(C)CCOC(=O)CCCCCN1C(=O)/C(=C\c2ccccc2)SC1=S.Cl. The largest absolute Gasteiger partial charge is 0.464 e. The van der Waals surface area contributed by atoms with Crippen LogP contribution >= 0.6 is 36.4 Å². The van der Waals surface area contributed by atoms with E-state index in [4.69, 9.17) is 17.0 Å². The fourth-order valence-electron chi connectivity index (χ4n) is 2.52. The number of benzene rings is 1. The van der Waals surface area contributed by atoms with Crippen LogP contribution in [0.4, 0.5) is 0 Å². The molecule has 0 radical (unpaired) electrons. The van der Waals surface area contributed by atoms with Gasteiger partial charge in [0.15, 0.2) is 0 Å². The van der Waals surface area contributed by atoms with Gasteiger partial charge in [0.25, 0.3) is 5.91 Å². The molecule has 1 amide bonds. The van der Waals surface area contributed by atoms with E-state index in [0.717, 1.165) is 31.4 Å². The van der Waals surface area contributed by atoms with Gasteiger partial charge in [-0.25, -0.2) is 0 Å². The van der Waals surface area contributed by atoms with Crippen molar-refractivity contribution in [3.05, 3.63) is 40.8 Å². The average Bonchev–Trinajstić information content (AvgIpc) is 2.89. The van der Waals surface area contributed by atoms with Crippen molar-refractivity contribution in [1.82, 2.24) is 9.80 Å². The van der Waals surface area contributed by atoms with Crippen molar-refractivity contribution in [1.29, 1.82) is 0 Å². The minimum absolute atomic E-state index is 0. The van der Waals surface area contributed by atoms with E-state index < -0.39 is 0 Å². The third kappa shape index (κ3) is 8.31. The predicted octanol–water partition coefficient (Wildman–Crippen LogP) is 3.97. The number of hydrogen-bond acceptors (Lipinski definition) is 6. The molecule has 1 saturated heterocycles. The van der Waals surface area contributed by atoms with Crippen LogP contribution in [0.15, 0.2) is 35.2 Å². The minimum atomic E-state index is -0.159. The maximum atomic E-state index is 12.5. The third-order valence-electron chi connectivity index (χ3n) is 4.04. The van der Waals surface area contributed by atoms with Gasteiger partial charge in [0.05, 0.1) is 4.91 Å². The summed E-state index contributed by atoms with van der Waals surface area (Å²) in [5, 5.41) is 0. The van der Waals surface area contributed by atoms with Crippen LogP contribution in [-0.2, 0) is 14.3 Å². The maximum Gasteiger partial charge on any atom is 0.305 e. The first-order valence-electron chi connectivity index (χ1n) is 9.08. The number of ether oxygens (including phenoxy) is 1. The van der Waals surface area contributed by atoms with E-state index in [1.54, 1.807) is 4.90 Å². The molecule has 154 valence electrons. The van der Waals surface area contributed by atoms with Crippen LogP contribution in [0.2, 0.25) is 0 Å². The molecule has 0 saturated carbocycles. The van der Waals surface area contributed by atoms with Gasteiger partial charge in [0.2, 0.25) is 0 Å². The fraction of sp³-hybridized carbons (Fsp3) is 0.450. The Labute approximate surface area is 182 Å². The molecule has 5 nitrogen and oxygen atoms in total. The van der Waals surface area contributed by atoms with Gasteiger partial charge in [-0.15, -0.1) is 12.4 Å². The lowest BCUT2D eigenvalue weighted by Crippen LogP contribution is -2.29. The normalized spacial score (nSPS) is 15.2. The fourth-order valence-corrected chi connectivity index (χ4v) is 3.83. The molecule has 1 aromatic rings. The number of carbonyl (C=O) groups is 2. The zero-order valence-corrected chi connectivity index (χ0v) is 18.7. The molecule has 1 fully saturated rings. The summed E-state index contributed by atoms with van der Waals surface area (Å²) < 4.78 is 5.76. The zero-order valence-electron chi connectivity index (χ0n) is 16.3. The van der Waals surface area contributed by atoms with E-state index in [1.807, 2.05) is 55.4 Å². The Hall–Kier alpha value is -1.41. The van der Waals surface area contributed by atoms with Crippen LogP contribution in [0.5, 0.6) is 0 Å². The second-order valence-electron chi connectivity index (χ2n) is 6.58. The number of hydrogen-bond donors (Lipinski definition) is 0. The van der Waals surface area contributed by atoms with Gasteiger partial charge in [-0.1, -0.05) is 60.7 Å². The van der Waals surface area contributed by atoms with Crippen molar-refractivity contribution in [2.45, 2.75) is 25.7 Å². The summed E-state index contributed by atoms with van der Waals surface area (Å²) in [6.07, 6.45) is 4.73. The summed E-state index contributed by atoms with van der Waals surface area (Å²) in [6.45, 7) is 1.75. The standard InChI is InChI=1S/C20H26N2O3S2.ClH/c1-21(2)13-14-25-18(23)11-7-4-8-12-22-19(24)17(27-20(22)26)15-16-9-5-3-6-10-16;/h3,5-6,9-10,15H,4,7-8,11-14H2,1-2H3;1H/b17-15+;. The van der Waals surface area contributed by atoms with Crippen molar-refractivity contribution in [2.75, 3.05) is 33.8 Å². The first-order valence-corrected chi connectivity index (χ1v) is 10.3. The van der Waals surface area contributed by atoms with Crippen LogP contribution in [0, 0.1) is 0 Å². The molecule has 0 spiro atoms. The van der Waals surface area contributed by atoms with E-state index in [2.05, 4.69) is 0 Å². The first kappa shape index (κ1) is 24.6. The molecule has 0 aromatic heterocycles. The molecule has 0 bridgehead atoms. The summed E-state index contributed by atoms with van der Waals surface area (Å²) in [5.74, 6) is -0.190. The van der Waals surface area contributed by atoms with Gasteiger partial charge >= 0.3 is 5.97 Å². The van der Waals surface area contributed by atoms with Crippen molar-refractivity contribution < 1.29 is 14.3 Å². The minimum Gasteiger partial charge on any atom is -0.464 e. The molecular weight excluding hydrogens is 416 g/mol. The van der Waals surface area contributed by atoms with Crippen molar-refractivity contribution in [2.24, 2.45) is 0 Å². The third-order valence-corrected chi connectivity index (χ3v) is 5.41. The van der Waals surface area contributed by atoms with Gasteiger partial charge in [0.1, 0.15) is 10.9 Å². The van der Waals surface area contributed by atoms with Crippen LogP contribution in [0.1, 0.15) is 31.2 Å². The number of rotatable bonds is 10. The molecule has 1 aliphatic rings. The number of esters is 1. The molecule has 0 unspecified atom stereocenters. The van der Waals surface area contributed by atoms with E-state index in [-0.39, 0.29) is 24.3 Å². The molecule has 0 N–H and O–H groups in total. The van der Waals surface area contributed by atoms with Crippen molar-refractivity contribution in [3.63, 3.8) is 0 Å². The molecule has 1 heterocycles. The average molecular weight is 443 g/mol. The van der Waals surface area contributed by atoms with E-state index >= 15 is 0 Å². The summed E-state index contributed by atoms with van der Waals surface area (Å²) in [4.78, 5) is 28.5. The second kappa shape index (κ2) is 12.9. The Balaban J connectivity index is 0.00000392. The van der Waals surface area contributed by atoms with Crippen molar-refractivity contribution in [3.8, 4) is 0 Å². The lowest BCUT2D eigenvalue weighted by Gasteiger charge is -2.14. The summed E-state index contributed by atoms with van der Waals surface area (Å²) in [5.41, 5.74) is 0.991. The topological polar surface area (TPSA) is 49.9 Å². The van der Waals surface area contributed by atoms with Crippen LogP contribution in [-0.4, -0.2) is 59.8 Å². The van der Waals surface area contributed by atoms with Gasteiger partial charge in [-0.05, 0) is 38.6 Å². The number of halogens is 1. The van der Waals surface area contributed by atoms with Gasteiger partial charge in [-0.2, -0.15) is 0 Å². The molecule has 28 heavy (non-hydrogen) atoms. The Morgan fingerprint density at radius 1 is 1.21 bits per heavy atom. The summed E-state index contributed by atoms with van der Waals surface area (Å²) in [6, 6.07) is 9.76. The van der Waals surface area contributed by atoms with Crippen LogP contribution in [0.25, 0.3) is 6.08 Å². The summed E-state index contributed by atoms with van der Waals surface area (Å²) in [7, 11) is 3.88. The molecular formula is C20H27ClN2O3S2. The highest BCUT2D eigenvalue weighted by atomic mass is 35.5. The number of amides is 1. The van der Waals surface area contributed by atoms with E-state index in [1.165, 1.54) is 11.8 Å². The van der Waals surface area contributed by atoms with Crippen LogP contribution in [0.3, 0.4) is 0 Å². The maximum absolute atomic E-state index is 12.5. The van der Waals surface area contributed by atoms with E-state index in [9.17, 15) is 9.59 Å². The lowest BCUT2D eigenvalue weighted by molar-refractivity contribution is -0.144. The molecule has 8 heteroatoms. The van der Waals surface area contributed by atoms with Gasteiger partial charge in [0, 0.05) is 19.5 Å². The van der Waals surface area contributed by atoms with E-state index in [0.29, 0.717) is 28.8 Å². The highest BCUT2D eigenvalue weighted by molar-refractivity contribution is 8.26. The van der Waals surface area contributed by atoms with Gasteiger partial charge in [-0.3, -0.25) is 14.5 Å². The van der Waals surface area contributed by atoms with Crippen LogP contribution < -0.4 is 0 Å². The zero-order chi connectivity index (χ0) is 19.6. The number of carbonyl (C=O) groups excluding carboxylic acids is 2. The highest BCUT2D eigenvalue weighted by Gasteiger charge is 2.31. The molecule has 1 aliphatic heterocycles. The Morgan fingerprint density at radius 3 is 2.61 bits per heavy atom. The molecule has 0 aliphatic carbocycles. The second-order valence-corrected chi connectivity index (χ2v) is 8.25. The lowest BCUT2D eigenvalue weighted by atomic mass is 10.2. The molecule has 0 atom stereocenters. The number of nitrogens with zero attached hydrogens (tertiary/aromatic N) is 2. The smallest absolute Gasteiger partial charge is 0.305 e.